The summed E-state index contributed by atoms with van der Waals surface area (Å²) in [6.07, 6.45) is 0.502. The van der Waals surface area contributed by atoms with Gasteiger partial charge < -0.3 is 9.84 Å². The van der Waals surface area contributed by atoms with Crippen molar-refractivity contribution in [2.24, 2.45) is 0 Å². The number of aliphatic hydroxyl groups is 1. The number of ether oxygens (including phenoxy) is 1. The molecule has 1 rings (SSSR count). The maximum absolute atomic E-state index is 12.1. The van der Waals surface area contributed by atoms with Gasteiger partial charge in [-0.15, -0.1) is 0 Å². The molecule has 5 nitrogen and oxygen atoms in total. The Hall–Kier alpha value is -0.820. The zero-order chi connectivity index (χ0) is 14.5. The van der Waals surface area contributed by atoms with E-state index in [2.05, 4.69) is 4.72 Å². The topological polar surface area (TPSA) is 75.6 Å². The van der Waals surface area contributed by atoms with Crippen molar-refractivity contribution >= 4 is 21.6 Å². The number of hydrogen-bond donors (Lipinski definition) is 2. The second kappa shape index (κ2) is 7.09. The number of halogens is 1. The summed E-state index contributed by atoms with van der Waals surface area (Å²) in [6.45, 7) is 3.72. The molecule has 0 unspecified atom stereocenters. The lowest BCUT2D eigenvalue weighted by atomic mass is 10.3. The van der Waals surface area contributed by atoms with E-state index in [-0.39, 0.29) is 11.5 Å². The number of nitrogens with one attached hydrogen (secondary N) is 1. The molecule has 7 heteroatoms. The average Bonchev–Trinajstić information content (AvgIpc) is 2.38. The Morgan fingerprint density at radius 2 is 2.11 bits per heavy atom. The van der Waals surface area contributed by atoms with E-state index >= 15 is 0 Å². The molecule has 0 radical (unpaired) electrons. The van der Waals surface area contributed by atoms with E-state index in [1.165, 1.54) is 18.2 Å². The van der Waals surface area contributed by atoms with E-state index in [0.717, 1.165) is 0 Å². The van der Waals surface area contributed by atoms with Crippen LogP contribution in [0.15, 0.2) is 23.1 Å². The summed E-state index contributed by atoms with van der Waals surface area (Å²) in [5, 5.41) is 9.40. The van der Waals surface area contributed by atoms with Crippen LogP contribution in [-0.4, -0.2) is 32.8 Å². The van der Waals surface area contributed by atoms with Gasteiger partial charge in [0.05, 0.1) is 23.1 Å². The average molecular weight is 308 g/mol. The summed E-state index contributed by atoms with van der Waals surface area (Å²) in [7, 11) is -3.69. The molecule has 1 aromatic rings. The van der Waals surface area contributed by atoms with Crippen molar-refractivity contribution in [3.05, 3.63) is 23.2 Å². The maximum Gasteiger partial charge on any atom is 0.241 e. The minimum absolute atomic E-state index is 0.0623. The molecule has 0 heterocycles. The second-order valence-corrected chi connectivity index (χ2v) is 6.06. The summed E-state index contributed by atoms with van der Waals surface area (Å²) in [6, 6.07) is 3.74. The molecule has 19 heavy (non-hydrogen) atoms. The lowest BCUT2D eigenvalue weighted by Crippen LogP contribution is -2.36. The van der Waals surface area contributed by atoms with E-state index in [1.807, 2.05) is 0 Å². The minimum Gasteiger partial charge on any atom is -0.492 e. The minimum atomic E-state index is -3.69. The molecule has 0 aromatic heterocycles. The van der Waals surface area contributed by atoms with Crippen molar-refractivity contribution in [1.29, 1.82) is 0 Å². The lowest BCUT2D eigenvalue weighted by Gasteiger charge is -2.15. The Kier molecular flexibility index (Phi) is 6.06. The standard InChI is InChI=1S/C12H18ClNO4S/c1-3-9(8-15)14-19(16,17)10-5-6-11(13)12(7-10)18-4-2/h5-7,9,14-15H,3-4,8H2,1-2H3/t9-/m0/s1. The first-order valence-corrected chi connectivity index (χ1v) is 7.86. The highest BCUT2D eigenvalue weighted by molar-refractivity contribution is 7.89. The quantitative estimate of drug-likeness (QED) is 0.805. The van der Waals surface area contributed by atoms with Crippen LogP contribution in [0.5, 0.6) is 5.75 Å². The van der Waals surface area contributed by atoms with Crippen LogP contribution < -0.4 is 9.46 Å². The van der Waals surface area contributed by atoms with Gasteiger partial charge in [0, 0.05) is 12.1 Å². The maximum atomic E-state index is 12.1. The molecule has 0 saturated heterocycles. The fourth-order valence-electron chi connectivity index (χ4n) is 1.45. The Bertz CT molecular complexity index is 514. The van der Waals surface area contributed by atoms with E-state index in [9.17, 15) is 8.42 Å². The van der Waals surface area contributed by atoms with Crippen LogP contribution >= 0.6 is 11.6 Å². The predicted octanol–water partition coefficient (Wildman–Crippen LogP) is 1.79. The van der Waals surface area contributed by atoms with Crippen LogP contribution in [0.25, 0.3) is 0 Å². The van der Waals surface area contributed by atoms with Crippen molar-refractivity contribution in [2.45, 2.75) is 31.2 Å². The Balaban J connectivity index is 3.04. The normalized spacial score (nSPS) is 13.3. The van der Waals surface area contributed by atoms with Crippen LogP contribution in [0.1, 0.15) is 20.3 Å². The summed E-state index contributed by atoms with van der Waals surface area (Å²) in [5.74, 6) is 0.323. The van der Waals surface area contributed by atoms with Crippen molar-refractivity contribution in [2.75, 3.05) is 13.2 Å². The van der Waals surface area contributed by atoms with Gasteiger partial charge in [0.15, 0.2) is 0 Å². The molecular weight excluding hydrogens is 290 g/mol. The highest BCUT2D eigenvalue weighted by Gasteiger charge is 2.19. The van der Waals surface area contributed by atoms with Crippen molar-refractivity contribution in [1.82, 2.24) is 4.72 Å². The molecule has 1 atom stereocenters. The number of aliphatic hydroxyl groups excluding tert-OH is 1. The third-order valence-corrected chi connectivity index (χ3v) is 4.38. The summed E-state index contributed by atoms with van der Waals surface area (Å²) < 4.78 is 31.9. The van der Waals surface area contributed by atoms with E-state index in [4.69, 9.17) is 21.4 Å². The number of rotatable bonds is 7. The van der Waals surface area contributed by atoms with Gasteiger partial charge in [0.1, 0.15) is 5.75 Å². The Morgan fingerprint density at radius 1 is 1.42 bits per heavy atom. The molecular formula is C12H18ClNO4S. The van der Waals surface area contributed by atoms with E-state index < -0.39 is 16.1 Å². The van der Waals surface area contributed by atoms with Crippen molar-refractivity contribution in [3.8, 4) is 5.75 Å². The smallest absolute Gasteiger partial charge is 0.241 e. The van der Waals surface area contributed by atoms with Crippen LogP contribution in [0, 0.1) is 0 Å². The highest BCUT2D eigenvalue weighted by atomic mass is 35.5. The van der Waals surface area contributed by atoms with Crippen molar-refractivity contribution in [3.63, 3.8) is 0 Å². The lowest BCUT2D eigenvalue weighted by molar-refractivity contribution is 0.254. The first kappa shape index (κ1) is 16.2. The van der Waals surface area contributed by atoms with Crippen LogP contribution in [0.4, 0.5) is 0 Å². The molecule has 1 aromatic carbocycles. The number of sulfonamides is 1. The van der Waals surface area contributed by atoms with Gasteiger partial charge in [-0.25, -0.2) is 13.1 Å². The molecule has 0 bridgehead atoms. The molecule has 0 amide bonds. The fraction of sp³-hybridized carbons (Fsp3) is 0.500. The molecule has 0 spiro atoms. The molecule has 0 aliphatic rings. The summed E-state index contributed by atoms with van der Waals surface area (Å²) >= 11 is 5.91. The predicted molar refractivity (Wildman–Crippen MR) is 74.1 cm³/mol. The van der Waals surface area contributed by atoms with E-state index in [0.29, 0.717) is 23.8 Å². The van der Waals surface area contributed by atoms with Crippen LogP contribution in [-0.2, 0) is 10.0 Å². The van der Waals surface area contributed by atoms with Gasteiger partial charge in [-0.2, -0.15) is 0 Å². The third-order valence-electron chi connectivity index (χ3n) is 2.55. The third kappa shape index (κ3) is 4.35. The Morgan fingerprint density at radius 3 is 2.63 bits per heavy atom. The monoisotopic (exact) mass is 307 g/mol. The first-order chi connectivity index (χ1) is 8.94. The van der Waals surface area contributed by atoms with Crippen LogP contribution in [0.3, 0.4) is 0 Å². The van der Waals surface area contributed by atoms with Gasteiger partial charge in [-0.3, -0.25) is 0 Å². The largest absolute Gasteiger partial charge is 0.492 e. The zero-order valence-electron chi connectivity index (χ0n) is 10.9. The van der Waals surface area contributed by atoms with Gasteiger partial charge in [-0.1, -0.05) is 18.5 Å². The van der Waals surface area contributed by atoms with Crippen molar-refractivity contribution < 1.29 is 18.3 Å². The molecule has 2 N–H and O–H groups in total. The SMILES string of the molecule is CCOc1cc(S(=O)(=O)N[C@@H](CC)CO)ccc1Cl. The number of hydrogen-bond acceptors (Lipinski definition) is 4. The molecule has 0 aliphatic heterocycles. The zero-order valence-corrected chi connectivity index (χ0v) is 12.5. The second-order valence-electron chi connectivity index (χ2n) is 3.93. The van der Waals surface area contributed by atoms with Gasteiger partial charge >= 0.3 is 0 Å². The Labute approximate surface area is 118 Å². The molecule has 0 aliphatic carbocycles. The summed E-state index contributed by atoms with van der Waals surface area (Å²) in [4.78, 5) is 0.0623. The highest BCUT2D eigenvalue weighted by Crippen LogP contribution is 2.27. The molecule has 0 fully saturated rings. The van der Waals surface area contributed by atoms with Gasteiger partial charge in [-0.05, 0) is 25.5 Å². The van der Waals surface area contributed by atoms with Crippen LogP contribution in [0.2, 0.25) is 5.02 Å². The van der Waals surface area contributed by atoms with Gasteiger partial charge in [0.2, 0.25) is 10.0 Å². The fourth-order valence-corrected chi connectivity index (χ4v) is 2.95. The summed E-state index contributed by atoms with van der Waals surface area (Å²) in [5.41, 5.74) is 0. The molecule has 108 valence electrons. The van der Waals surface area contributed by atoms with Gasteiger partial charge in [0.25, 0.3) is 0 Å². The first-order valence-electron chi connectivity index (χ1n) is 6.00. The molecule has 0 saturated carbocycles. The van der Waals surface area contributed by atoms with E-state index in [1.54, 1.807) is 13.8 Å². The number of benzene rings is 1.